The summed E-state index contributed by atoms with van der Waals surface area (Å²) >= 11 is 3.46. The van der Waals surface area contributed by atoms with Crippen LogP contribution in [0.2, 0.25) is 0 Å². The molecule has 7 nitrogen and oxygen atoms in total. The van der Waals surface area contributed by atoms with Gasteiger partial charge in [0.15, 0.2) is 5.82 Å². The number of hydrogen-bond donors (Lipinski definition) is 1. The maximum absolute atomic E-state index is 12.3. The number of rotatable bonds is 8. The Bertz CT molecular complexity index is 1130. The Morgan fingerprint density at radius 3 is 2.55 bits per heavy atom. The molecule has 0 aliphatic heterocycles. The molecule has 0 unspecified atom stereocenters. The molecule has 0 bridgehead atoms. The summed E-state index contributed by atoms with van der Waals surface area (Å²) in [5.41, 5.74) is 1.78. The molecule has 1 N–H and O–H groups in total. The highest BCUT2D eigenvalue weighted by molar-refractivity contribution is 9.10. The van der Waals surface area contributed by atoms with Gasteiger partial charge in [-0.3, -0.25) is 4.79 Å². The van der Waals surface area contributed by atoms with Crippen LogP contribution in [0.25, 0.3) is 6.08 Å². The van der Waals surface area contributed by atoms with Crippen molar-refractivity contribution in [2.75, 3.05) is 18.5 Å². The van der Waals surface area contributed by atoms with Gasteiger partial charge in [-0.05, 0) is 65.7 Å². The van der Waals surface area contributed by atoms with Crippen molar-refractivity contribution in [3.8, 4) is 17.6 Å². The molecule has 158 valence electrons. The van der Waals surface area contributed by atoms with Crippen LogP contribution in [0.4, 0.5) is 5.82 Å². The Hall–Kier alpha value is -3.57. The number of ether oxygens (including phenoxy) is 2. The smallest absolute Gasteiger partial charge is 0.267 e. The highest BCUT2D eigenvalue weighted by Crippen LogP contribution is 2.27. The van der Waals surface area contributed by atoms with Gasteiger partial charge in [-0.25, -0.2) is 0 Å². The Labute approximate surface area is 188 Å². The SMILES string of the molecule is Cc1ccc(OCCOc2ccc(C=C(C#N)C(=O)Nc3cc(C)on3)cc2Br)cc1. The lowest BCUT2D eigenvalue weighted by Gasteiger charge is -2.10. The molecule has 0 saturated heterocycles. The highest BCUT2D eigenvalue weighted by Gasteiger charge is 2.12. The molecule has 8 heteroatoms. The van der Waals surface area contributed by atoms with E-state index in [0.717, 1.165) is 5.75 Å². The average molecular weight is 482 g/mol. The minimum atomic E-state index is -0.569. The molecule has 31 heavy (non-hydrogen) atoms. The van der Waals surface area contributed by atoms with E-state index in [2.05, 4.69) is 26.4 Å². The number of nitrogens with one attached hydrogen (secondary N) is 1. The van der Waals surface area contributed by atoms with E-state index in [4.69, 9.17) is 14.0 Å². The fraction of sp³-hybridized carbons (Fsp3) is 0.174. The van der Waals surface area contributed by atoms with Gasteiger partial charge in [0.25, 0.3) is 5.91 Å². The minimum absolute atomic E-state index is 0.0623. The van der Waals surface area contributed by atoms with Crippen LogP contribution in [0.3, 0.4) is 0 Å². The number of hydrogen-bond acceptors (Lipinski definition) is 6. The van der Waals surface area contributed by atoms with Crippen LogP contribution in [-0.2, 0) is 4.79 Å². The first-order valence-electron chi connectivity index (χ1n) is 9.43. The summed E-state index contributed by atoms with van der Waals surface area (Å²) < 4.78 is 17.0. The number of nitriles is 1. The van der Waals surface area contributed by atoms with Gasteiger partial charge >= 0.3 is 0 Å². The van der Waals surface area contributed by atoms with Crippen LogP contribution in [0, 0.1) is 25.2 Å². The number of carbonyl (C=O) groups is 1. The van der Waals surface area contributed by atoms with Gasteiger partial charge in [0, 0.05) is 6.07 Å². The largest absolute Gasteiger partial charge is 0.490 e. The highest BCUT2D eigenvalue weighted by atomic mass is 79.9. The Morgan fingerprint density at radius 1 is 1.16 bits per heavy atom. The molecule has 0 fully saturated rings. The number of nitrogens with zero attached hydrogens (tertiary/aromatic N) is 2. The maximum Gasteiger partial charge on any atom is 0.267 e. The molecular formula is C23H20BrN3O4. The fourth-order valence-electron chi connectivity index (χ4n) is 2.59. The second-order valence-corrected chi connectivity index (χ2v) is 7.50. The maximum atomic E-state index is 12.3. The van der Waals surface area contributed by atoms with Crippen molar-refractivity contribution >= 4 is 33.7 Å². The number of halogens is 1. The van der Waals surface area contributed by atoms with E-state index in [1.807, 2.05) is 37.3 Å². The zero-order valence-corrected chi connectivity index (χ0v) is 18.6. The van der Waals surface area contributed by atoms with E-state index < -0.39 is 5.91 Å². The number of aromatic nitrogens is 1. The molecule has 0 aliphatic carbocycles. The molecule has 2 aromatic carbocycles. The molecule has 0 atom stereocenters. The van der Waals surface area contributed by atoms with E-state index in [9.17, 15) is 10.1 Å². The molecule has 1 heterocycles. The van der Waals surface area contributed by atoms with E-state index in [1.165, 1.54) is 11.6 Å². The van der Waals surface area contributed by atoms with E-state index in [-0.39, 0.29) is 11.4 Å². The van der Waals surface area contributed by atoms with Crippen LogP contribution in [-0.4, -0.2) is 24.3 Å². The van der Waals surface area contributed by atoms with E-state index in [0.29, 0.717) is 34.8 Å². The van der Waals surface area contributed by atoms with E-state index in [1.54, 1.807) is 31.2 Å². The van der Waals surface area contributed by atoms with Crippen molar-refractivity contribution in [2.45, 2.75) is 13.8 Å². The van der Waals surface area contributed by atoms with Crippen molar-refractivity contribution in [1.82, 2.24) is 5.16 Å². The van der Waals surface area contributed by atoms with Crippen molar-refractivity contribution in [1.29, 1.82) is 5.26 Å². The second-order valence-electron chi connectivity index (χ2n) is 6.65. The standard InChI is InChI=1S/C23H20BrN3O4/c1-15-3-6-19(7-4-15)29-9-10-30-21-8-5-17(13-20(21)24)12-18(14-25)23(28)26-22-11-16(2)31-27-22/h3-8,11-13H,9-10H2,1-2H3,(H,26,27,28). The van der Waals surface area contributed by atoms with Gasteiger partial charge in [-0.1, -0.05) is 28.9 Å². The van der Waals surface area contributed by atoms with Crippen LogP contribution < -0.4 is 14.8 Å². The van der Waals surface area contributed by atoms with Crippen molar-refractivity contribution < 1.29 is 18.8 Å². The summed E-state index contributed by atoms with van der Waals surface area (Å²) in [6.07, 6.45) is 1.48. The molecule has 0 aliphatic rings. The predicted molar refractivity (Wildman–Crippen MR) is 120 cm³/mol. The summed E-state index contributed by atoms with van der Waals surface area (Å²) in [5.74, 6) is 1.66. The van der Waals surface area contributed by atoms with Gasteiger partial charge in [-0.2, -0.15) is 5.26 Å². The van der Waals surface area contributed by atoms with Crippen LogP contribution >= 0.6 is 15.9 Å². The zero-order valence-electron chi connectivity index (χ0n) is 17.0. The minimum Gasteiger partial charge on any atom is -0.490 e. The van der Waals surface area contributed by atoms with Crippen molar-refractivity contribution in [3.05, 3.63) is 75.5 Å². The molecule has 1 aromatic heterocycles. The first-order chi connectivity index (χ1) is 14.9. The number of aryl methyl sites for hydroxylation is 2. The van der Waals surface area contributed by atoms with Gasteiger partial charge in [0.2, 0.25) is 0 Å². The third-order valence-corrected chi connectivity index (χ3v) is 4.75. The summed E-state index contributed by atoms with van der Waals surface area (Å²) in [5, 5.41) is 15.6. The van der Waals surface area contributed by atoms with Gasteiger partial charge in [0.05, 0.1) is 4.47 Å². The molecular weight excluding hydrogens is 462 g/mol. The summed E-state index contributed by atoms with van der Waals surface area (Å²) in [6.45, 7) is 4.49. The molecule has 0 radical (unpaired) electrons. The van der Waals surface area contributed by atoms with Crippen molar-refractivity contribution in [2.24, 2.45) is 0 Å². The summed E-state index contributed by atoms with van der Waals surface area (Å²) in [4.78, 5) is 12.3. The second kappa shape index (κ2) is 10.5. The van der Waals surface area contributed by atoms with E-state index >= 15 is 0 Å². The van der Waals surface area contributed by atoms with Crippen LogP contribution in [0.1, 0.15) is 16.9 Å². The molecule has 3 aromatic rings. The zero-order chi connectivity index (χ0) is 22.2. The first-order valence-corrected chi connectivity index (χ1v) is 10.2. The Morgan fingerprint density at radius 2 is 1.90 bits per heavy atom. The number of amides is 1. The lowest BCUT2D eigenvalue weighted by Crippen LogP contribution is -2.13. The molecule has 0 spiro atoms. The molecule has 1 amide bonds. The lowest BCUT2D eigenvalue weighted by molar-refractivity contribution is -0.112. The summed E-state index contributed by atoms with van der Waals surface area (Å²) in [6, 6.07) is 16.6. The van der Waals surface area contributed by atoms with Gasteiger partial charge in [0.1, 0.15) is 42.1 Å². The fourth-order valence-corrected chi connectivity index (χ4v) is 3.10. The average Bonchev–Trinajstić information content (AvgIpc) is 3.16. The molecule has 0 saturated carbocycles. The predicted octanol–water partition coefficient (Wildman–Crippen LogP) is 5.06. The van der Waals surface area contributed by atoms with Crippen LogP contribution in [0.15, 0.2) is 63.1 Å². The third-order valence-electron chi connectivity index (χ3n) is 4.13. The number of carbonyl (C=O) groups excluding carboxylic acids is 1. The van der Waals surface area contributed by atoms with Crippen LogP contribution in [0.5, 0.6) is 11.5 Å². The Kier molecular flexibility index (Phi) is 7.46. The van der Waals surface area contributed by atoms with Crippen molar-refractivity contribution in [3.63, 3.8) is 0 Å². The van der Waals surface area contributed by atoms with Gasteiger partial charge in [-0.15, -0.1) is 0 Å². The lowest BCUT2D eigenvalue weighted by atomic mass is 10.1. The third kappa shape index (κ3) is 6.46. The number of benzene rings is 2. The monoisotopic (exact) mass is 481 g/mol. The topological polar surface area (TPSA) is 97.4 Å². The normalized spacial score (nSPS) is 11.0. The van der Waals surface area contributed by atoms with Gasteiger partial charge < -0.3 is 19.3 Å². The summed E-state index contributed by atoms with van der Waals surface area (Å²) in [7, 11) is 0. The quantitative estimate of drug-likeness (QED) is 0.274. The Balaban J connectivity index is 1.57. The number of anilines is 1. The first kappa shape index (κ1) is 22.1. The molecule has 3 rings (SSSR count).